The molecule has 0 aromatic heterocycles. The molecule has 0 N–H and O–H groups in total. The molecule has 2 unspecified atom stereocenters. The lowest BCUT2D eigenvalue weighted by Gasteiger charge is -2.43. The van der Waals surface area contributed by atoms with Crippen LogP contribution in [-0.4, -0.2) is 30.1 Å². The van der Waals surface area contributed by atoms with Gasteiger partial charge in [-0.1, -0.05) is 60.2 Å². The monoisotopic (exact) mass is 323 g/mol. The Bertz CT molecular complexity index is 666. The van der Waals surface area contributed by atoms with Crippen molar-refractivity contribution < 1.29 is 9.53 Å². The first-order valence-electron chi connectivity index (χ1n) is 8.68. The molecule has 2 aromatic carbocycles. The van der Waals surface area contributed by atoms with Crippen molar-refractivity contribution in [1.29, 1.82) is 0 Å². The number of hydrogen-bond donors (Lipinski definition) is 0. The van der Waals surface area contributed by atoms with Gasteiger partial charge in [0.15, 0.2) is 0 Å². The van der Waals surface area contributed by atoms with Crippen molar-refractivity contribution in [3.05, 3.63) is 71.3 Å². The first kappa shape index (κ1) is 16.7. The number of benzene rings is 2. The summed E-state index contributed by atoms with van der Waals surface area (Å²) < 4.78 is 5.50. The Morgan fingerprint density at radius 1 is 1.17 bits per heavy atom. The molecule has 0 spiro atoms. The zero-order chi connectivity index (χ0) is 16.9. The van der Waals surface area contributed by atoms with Crippen LogP contribution in [0.3, 0.4) is 0 Å². The summed E-state index contributed by atoms with van der Waals surface area (Å²) in [5.74, 6) is -0.0869. The number of carbonyl (C=O) groups is 1. The molecule has 1 fully saturated rings. The lowest BCUT2D eigenvalue weighted by atomic mass is 9.96. The molecule has 0 amide bonds. The molecule has 3 nitrogen and oxygen atoms in total. The Morgan fingerprint density at radius 2 is 1.88 bits per heavy atom. The van der Waals surface area contributed by atoms with Gasteiger partial charge in [-0.05, 0) is 31.4 Å². The van der Waals surface area contributed by atoms with E-state index in [9.17, 15) is 4.79 Å². The van der Waals surface area contributed by atoms with Crippen LogP contribution in [0.2, 0.25) is 0 Å². The Labute approximate surface area is 144 Å². The van der Waals surface area contributed by atoms with Crippen LogP contribution in [0.4, 0.5) is 0 Å². The van der Waals surface area contributed by atoms with Crippen molar-refractivity contribution in [2.75, 3.05) is 13.2 Å². The minimum Gasteiger partial charge on any atom is -0.464 e. The minimum atomic E-state index is -0.0999. The van der Waals surface area contributed by atoms with E-state index in [0.29, 0.717) is 6.61 Å². The molecule has 2 atom stereocenters. The summed E-state index contributed by atoms with van der Waals surface area (Å²) in [6.45, 7) is 5.65. The molecule has 0 radical (unpaired) electrons. The van der Waals surface area contributed by atoms with Crippen molar-refractivity contribution in [3.8, 4) is 0 Å². The van der Waals surface area contributed by atoms with E-state index in [1.165, 1.54) is 16.7 Å². The summed E-state index contributed by atoms with van der Waals surface area (Å²) in [6, 6.07) is 18.8. The number of esters is 1. The van der Waals surface area contributed by atoms with Crippen molar-refractivity contribution in [2.24, 2.45) is 0 Å². The fraction of sp³-hybridized carbons (Fsp3) is 0.381. The van der Waals surface area contributed by atoms with Crippen LogP contribution in [-0.2, 0) is 16.0 Å². The summed E-state index contributed by atoms with van der Waals surface area (Å²) in [6.07, 6.45) is 1.66. The lowest BCUT2D eigenvalue weighted by Crippen LogP contribution is -2.53. The predicted octanol–water partition coefficient (Wildman–Crippen LogP) is 3.92. The van der Waals surface area contributed by atoms with Crippen LogP contribution >= 0.6 is 0 Å². The van der Waals surface area contributed by atoms with Gasteiger partial charge in [0.2, 0.25) is 0 Å². The van der Waals surface area contributed by atoms with E-state index in [1.54, 1.807) is 0 Å². The van der Waals surface area contributed by atoms with Gasteiger partial charge in [-0.25, -0.2) is 0 Å². The number of rotatable bonds is 6. The fourth-order valence-corrected chi connectivity index (χ4v) is 3.17. The molecular weight excluding hydrogens is 298 g/mol. The number of ether oxygens (including phenoxy) is 1. The van der Waals surface area contributed by atoms with Crippen LogP contribution < -0.4 is 0 Å². The number of carbonyl (C=O) groups excluding carboxylic acids is 1. The molecule has 0 bridgehead atoms. The van der Waals surface area contributed by atoms with Crippen LogP contribution in [0.15, 0.2) is 54.6 Å². The molecular formula is C21H25NO2. The van der Waals surface area contributed by atoms with Crippen molar-refractivity contribution >= 4 is 5.97 Å². The number of likely N-dealkylation sites (tertiary alicyclic amines) is 1. The van der Waals surface area contributed by atoms with Crippen LogP contribution in [0, 0.1) is 6.92 Å². The third-order valence-electron chi connectivity index (χ3n) is 4.87. The highest BCUT2D eigenvalue weighted by atomic mass is 16.5. The zero-order valence-corrected chi connectivity index (χ0v) is 14.4. The summed E-state index contributed by atoms with van der Waals surface area (Å²) in [4.78, 5) is 14.6. The van der Waals surface area contributed by atoms with E-state index < -0.39 is 0 Å². The first-order valence-corrected chi connectivity index (χ1v) is 8.68. The van der Waals surface area contributed by atoms with Gasteiger partial charge in [-0.15, -0.1) is 0 Å². The van der Waals surface area contributed by atoms with Gasteiger partial charge < -0.3 is 4.74 Å². The summed E-state index contributed by atoms with van der Waals surface area (Å²) >= 11 is 0. The lowest BCUT2D eigenvalue weighted by molar-refractivity contribution is -0.156. The van der Waals surface area contributed by atoms with E-state index in [1.807, 2.05) is 18.2 Å². The van der Waals surface area contributed by atoms with E-state index in [-0.39, 0.29) is 18.1 Å². The molecule has 3 rings (SSSR count). The molecule has 24 heavy (non-hydrogen) atoms. The van der Waals surface area contributed by atoms with Gasteiger partial charge in [0.1, 0.15) is 6.04 Å². The SMILES string of the molecule is Cc1ccc(C(C)N2CCC2C(=O)OCCc2ccccc2)cc1. The molecule has 1 aliphatic rings. The maximum absolute atomic E-state index is 12.4. The number of nitrogens with zero attached hydrogens (tertiary/aromatic N) is 1. The molecule has 1 aliphatic heterocycles. The van der Waals surface area contributed by atoms with Gasteiger partial charge in [0.25, 0.3) is 0 Å². The zero-order valence-electron chi connectivity index (χ0n) is 14.4. The average molecular weight is 323 g/mol. The third-order valence-corrected chi connectivity index (χ3v) is 4.87. The van der Waals surface area contributed by atoms with Crippen molar-refractivity contribution in [1.82, 2.24) is 4.90 Å². The quantitative estimate of drug-likeness (QED) is 0.755. The molecule has 0 saturated carbocycles. The van der Waals surface area contributed by atoms with Gasteiger partial charge >= 0.3 is 5.97 Å². The topological polar surface area (TPSA) is 29.5 Å². The summed E-state index contributed by atoms with van der Waals surface area (Å²) in [7, 11) is 0. The molecule has 1 heterocycles. The van der Waals surface area contributed by atoms with Crippen LogP contribution in [0.25, 0.3) is 0 Å². The van der Waals surface area contributed by atoms with E-state index in [4.69, 9.17) is 4.74 Å². The standard InChI is InChI=1S/C21H25NO2/c1-16-8-10-19(11-9-16)17(2)22-14-12-20(22)21(23)24-15-13-18-6-4-3-5-7-18/h3-11,17,20H,12-15H2,1-2H3. The Hall–Kier alpha value is -2.13. The normalized spacial score (nSPS) is 18.7. The van der Waals surface area contributed by atoms with Gasteiger partial charge in [-0.2, -0.15) is 0 Å². The number of hydrogen-bond acceptors (Lipinski definition) is 3. The molecule has 0 aliphatic carbocycles. The smallest absolute Gasteiger partial charge is 0.323 e. The second-order valence-electron chi connectivity index (χ2n) is 6.53. The van der Waals surface area contributed by atoms with E-state index in [0.717, 1.165) is 19.4 Å². The van der Waals surface area contributed by atoms with E-state index in [2.05, 4.69) is 55.1 Å². The van der Waals surface area contributed by atoms with Crippen molar-refractivity contribution in [2.45, 2.75) is 38.8 Å². The van der Waals surface area contributed by atoms with Crippen LogP contribution in [0.5, 0.6) is 0 Å². The maximum atomic E-state index is 12.4. The Balaban J connectivity index is 1.51. The highest BCUT2D eigenvalue weighted by Gasteiger charge is 2.38. The first-order chi connectivity index (χ1) is 11.6. The molecule has 2 aromatic rings. The molecule has 3 heteroatoms. The summed E-state index contributed by atoms with van der Waals surface area (Å²) in [5, 5.41) is 0. The highest BCUT2D eigenvalue weighted by Crippen LogP contribution is 2.31. The second kappa shape index (κ2) is 7.63. The Morgan fingerprint density at radius 3 is 2.50 bits per heavy atom. The van der Waals surface area contributed by atoms with Gasteiger partial charge in [0.05, 0.1) is 6.61 Å². The maximum Gasteiger partial charge on any atom is 0.323 e. The Kier molecular flexibility index (Phi) is 5.31. The predicted molar refractivity (Wildman–Crippen MR) is 95.8 cm³/mol. The third kappa shape index (κ3) is 3.85. The van der Waals surface area contributed by atoms with Gasteiger partial charge in [-0.3, -0.25) is 9.69 Å². The highest BCUT2D eigenvalue weighted by molar-refractivity contribution is 5.77. The minimum absolute atomic E-state index is 0.0869. The summed E-state index contributed by atoms with van der Waals surface area (Å²) in [5.41, 5.74) is 3.71. The molecule has 1 saturated heterocycles. The van der Waals surface area contributed by atoms with Crippen molar-refractivity contribution in [3.63, 3.8) is 0 Å². The largest absolute Gasteiger partial charge is 0.464 e. The van der Waals surface area contributed by atoms with Crippen LogP contribution in [0.1, 0.15) is 36.1 Å². The average Bonchev–Trinajstić information content (AvgIpc) is 2.55. The van der Waals surface area contributed by atoms with E-state index >= 15 is 0 Å². The fourth-order valence-electron chi connectivity index (χ4n) is 3.17. The van der Waals surface area contributed by atoms with Gasteiger partial charge in [0, 0.05) is 19.0 Å². The second-order valence-corrected chi connectivity index (χ2v) is 6.53. The molecule has 126 valence electrons. The number of aryl methyl sites for hydroxylation is 1.